The van der Waals surface area contributed by atoms with E-state index in [0.717, 1.165) is 44.0 Å². The normalized spacial score (nSPS) is 14.2. The van der Waals surface area contributed by atoms with Crippen LogP contribution in [-0.2, 0) is 9.53 Å². The number of morpholine rings is 1. The highest BCUT2D eigenvalue weighted by Crippen LogP contribution is 2.33. The van der Waals surface area contributed by atoms with Crippen LogP contribution in [0.5, 0.6) is 5.75 Å². The second-order valence-corrected chi connectivity index (χ2v) is 9.03. The van der Waals surface area contributed by atoms with E-state index in [0.29, 0.717) is 33.0 Å². The topological polar surface area (TPSA) is 54.9 Å². The molecule has 1 aliphatic heterocycles. The number of carbonyl (C=O) groups is 1. The Kier molecular flexibility index (Phi) is 9.40. The van der Waals surface area contributed by atoms with E-state index in [2.05, 4.69) is 9.88 Å². The minimum absolute atomic E-state index is 0. The molecule has 32 heavy (non-hydrogen) atoms. The van der Waals surface area contributed by atoms with Crippen LogP contribution in [0.2, 0.25) is 10.0 Å². The van der Waals surface area contributed by atoms with Crippen molar-refractivity contribution in [2.45, 2.75) is 6.42 Å². The standard InChI is InChI=1S/C22H23Cl2N3O3S.ClH/c23-16-5-7-17(8-6-16)30-15-20(28)27(10-2-9-26-11-13-29-14-12-26)22-25-21-18(24)3-1-4-19(21)31-22;/h1,3-8H,2,9-15H2;1H. The quantitative estimate of drug-likeness (QED) is 0.414. The fourth-order valence-corrected chi connectivity index (χ4v) is 4.81. The lowest BCUT2D eigenvalue weighted by Gasteiger charge is -2.27. The minimum Gasteiger partial charge on any atom is -0.484 e. The summed E-state index contributed by atoms with van der Waals surface area (Å²) in [6, 6.07) is 12.6. The number of nitrogens with zero attached hydrogens (tertiary/aromatic N) is 3. The van der Waals surface area contributed by atoms with Crippen molar-refractivity contribution < 1.29 is 14.3 Å². The maximum atomic E-state index is 13.1. The van der Waals surface area contributed by atoms with Crippen molar-refractivity contribution in [3.8, 4) is 5.75 Å². The maximum Gasteiger partial charge on any atom is 0.266 e. The van der Waals surface area contributed by atoms with Gasteiger partial charge in [0.1, 0.15) is 11.3 Å². The summed E-state index contributed by atoms with van der Waals surface area (Å²) in [6.07, 6.45) is 0.830. The number of anilines is 1. The van der Waals surface area contributed by atoms with Crippen molar-refractivity contribution in [1.29, 1.82) is 0 Å². The van der Waals surface area contributed by atoms with Gasteiger partial charge in [0.2, 0.25) is 0 Å². The van der Waals surface area contributed by atoms with Gasteiger partial charge < -0.3 is 9.47 Å². The molecule has 0 saturated carbocycles. The smallest absolute Gasteiger partial charge is 0.266 e. The van der Waals surface area contributed by atoms with E-state index in [9.17, 15) is 4.79 Å². The molecule has 1 aliphatic rings. The van der Waals surface area contributed by atoms with Crippen LogP contribution in [0.1, 0.15) is 6.42 Å². The number of rotatable bonds is 8. The predicted molar refractivity (Wildman–Crippen MR) is 133 cm³/mol. The Bertz CT molecular complexity index is 1030. The average Bonchev–Trinajstić information content (AvgIpc) is 3.22. The first-order valence-electron chi connectivity index (χ1n) is 10.1. The van der Waals surface area contributed by atoms with Crippen LogP contribution >= 0.6 is 46.9 Å². The van der Waals surface area contributed by atoms with E-state index >= 15 is 0 Å². The molecule has 0 radical (unpaired) electrons. The largest absolute Gasteiger partial charge is 0.484 e. The molecule has 0 N–H and O–H groups in total. The molecule has 2 aromatic carbocycles. The number of ether oxygens (including phenoxy) is 2. The van der Waals surface area contributed by atoms with Crippen molar-refractivity contribution in [3.63, 3.8) is 0 Å². The van der Waals surface area contributed by atoms with Gasteiger partial charge >= 0.3 is 0 Å². The molecule has 3 aromatic rings. The number of hydrogen-bond acceptors (Lipinski definition) is 6. The highest BCUT2D eigenvalue weighted by atomic mass is 35.5. The van der Waals surface area contributed by atoms with Gasteiger partial charge in [-0.05, 0) is 42.8 Å². The van der Waals surface area contributed by atoms with Crippen molar-refractivity contribution in [1.82, 2.24) is 9.88 Å². The number of fused-ring (bicyclic) bond motifs is 1. The Balaban J connectivity index is 0.00000289. The third-order valence-corrected chi connectivity index (χ3v) is 6.63. The molecule has 4 rings (SSSR count). The highest BCUT2D eigenvalue weighted by molar-refractivity contribution is 7.22. The summed E-state index contributed by atoms with van der Waals surface area (Å²) in [6.45, 7) is 4.73. The number of benzene rings is 2. The Morgan fingerprint density at radius 1 is 1.16 bits per heavy atom. The summed E-state index contributed by atoms with van der Waals surface area (Å²) in [5.74, 6) is 0.450. The van der Waals surface area contributed by atoms with E-state index in [-0.39, 0.29) is 24.9 Å². The van der Waals surface area contributed by atoms with Gasteiger partial charge in [0, 0.05) is 31.2 Å². The third kappa shape index (κ3) is 6.47. The van der Waals surface area contributed by atoms with Gasteiger partial charge in [0.05, 0.1) is 22.9 Å². The fourth-order valence-electron chi connectivity index (χ4n) is 3.38. The average molecular weight is 517 g/mol. The van der Waals surface area contributed by atoms with Crippen molar-refractivity contribution in [2.24, 2.45) is 0 Å². The summed E-state index contributed by atoms with van der Waals surface area (Å²) in [5.41, 5.74) is 0.716. The minimum atomic E-state index is -0.146. The molecule has 1 aromatic heterocycles. The summed E-state index contributed by atoms with van der Waals surface area (Å²) in [4.78, 5) is 21.8. The van der Waals surface area contributed by atoms with E-state index in [4.69, 9.17) is 32.7 Å². The van der Waals surface area contributed by atoms with E-state index in [1.165, 1.54) is 11.3 Å². The number of aromatic nitrogens is 1. The first-order valence-corrected chi connectivity index (χ1v) is 11.7. The van der Waals surface area contributed by atoms with E-state index < -0.39 is 0 Å². The maximum absolute atomic E-state index is 13.1. The van der Waals surface area contributed by atoms with Crippen molar-refractivity contribution in [3.05, 3.63) is 52.5 Å². The number of para-hydroxylation sites is 1. The lowest BCUT2D eigenvalue weighted by molar-refractivity contribution is -0.120. The molecule has 172 valence electrons. The van der Waals surface area contributed by atoms with E-state index in [1.54, 1.807) is 29.2 Å². The summed E-state index contributed by atoms with van der Waals surface area (Å²) >= 11 is 13.7. The fraction of sp³-hybridized carbons (Fsp3) is 0.364. The number of amides is 1. The van der Waals surface area contributed by atoms with Crippen LogP contribution in [0, 0.1) is 0 Å². The van der Waals surface area contributed by atoms with Crippen molar-refractivity contribution >= 4 is 68.2 Å². The molecule has 0 bridgehead atoms. The van der Waals surface area contributed by atoms with Gasteiger partial charge in [-0.2, -0.15) is 0 Å². The molecule has 0 spiro atoms. The molecule has 6 nitrogen and oxygen atoms in total. The van der Waals surface area contributed by atoms with Gasteiger partial charge in [0.15, 0.2) is 11.7 Å². The highest BCUT2D eigenvalue weighted by Gasteiger charge is 2.21. The summed E-state index contributed by atoms with van der Waals surface area (Å²) in [5, 5.41) is 1.84. The monoisotopic (exact) mass is 515 g/mol. The summed E-state index contributed by atoms with van der Waals surface area (Å²) < 4.78 is 12.1. The lowest BCUT2D eigenvalue weighted by Crippen LogP contribution is -2.40. The number of halogens is 3. The van der Waals surface area contributed by atoms with Gasteiger partial charge in [-0.25, -0.2) is 4.98 Å². The molecule has 1 amide bonds. The van der Waals surface area contributed by atoms with Crippen LogP contribution in [0.4, 0.5) is 5.13 Å². The Labute approximate surface area is 207 Å². The molecular weight excluding hydrogens is 493 g/mol. The zero-order valence-corrected chi connectivity index (χ0v) is 20.5. The van der Waals surface area contributed by atoms with Crippen LogP contribution in [0.25, 0.3) is 10.2 Å². The molecular formula is C22H24Cl3N3O3S. The number of carbonyl (C=O) groups excluding carboxylic acids is 1. The molecule has 0 unspecified atom stereocenters. The predicted octanol–water partition coefficient (Wildman–Crippen LogP) is 5.16. The zero-order chi connectivity index (χ0) is 21.6. The van der Waals surface area contributed by atoms with Gasteiger partial charge in [-0.3, -0.25) is 14.6 Å². The first-order chi connectivity index (χ1) is 15.1. The molecule has 0 aliphatic carbocycles. The van der Waals surface area contributed by atoms with Crippen LogP contribution in [-0.4, -0.2) is 61.8 Å². The molecule has 1 saturated heterocycles. The van der Waals surface area contributed by atoms with Crippen LogP contribution in [0.3, 0.4) is 0 Å². The molecule has 0 atom stereocenters. The van der Waals surface area contributed by atoms with Crippen LogP contribution in [0.15, 0.2) is 42.5 Å². The SMILES string of the molecule is Cl.O=C(COc1ccc(Cl)cc1)N(CCCN1CCOCC1)c1nc2c(Cl)cccc2s1. The van der Waals surface area contributed by atoms with Crippen LogP contribution < -0.4 is 9.64 Å². The Morgan fingerprint density at radius 3 is 2.62 bits per heavy atom. The van der Waals surface area contributed by atoms with Gasteiger partial charge in [-0.1, -0.05) is 40.6 Å². The van der Waals surface area contributed by atoms with Gasteiger partial charge in [-0.15, -0.1) is 12.4 Å². The lowest BCUT2D eigenvalue weighted by atomic mass is 10.3. The number of hydrogen-bond donors (Lipinski definition) is 0. The van der Waals surface area contributed by atoms with E-state index in [1.807, 2.05) is 18.2 Å². The second kappa shape index (κ2) is 12.0. The molecule has 10 heteroatoms. The Morgan fingerprint density at radius 2 is 1.91 bits per heavy atom. The second-order valence-electron chi connectivity index (χ2n) is 7.18. The molecule has 1 fully saturated rings. The van der Waals surface area contributed by atoms with Gasteiger partial charge in [0.25, 0.3) is 5.91 Å². The first kappa shape index (κ1) is 25.0. The summed E-state index contributed by atoms with van der Waals surface area (Å²) in [7, 11) is 0. The molecule has 2 heterocycles. The Hall–Kier alpha value is -1.61. The zero-order valence-electron chi connectivity index (χ0n) is 17.3. The number of thiazole rings is 1. The third-order valence-electron chi connectivity index (χ3n) is 5.03. The van der Waals surface area contributed by atoms with Crippen molar-refractivity contribution in [2.75, 3.05) is 50.9 Å².